The SMILES string of the molecule is O.O.O.O.O=C([O-])C(O)C(O)C(=O)O.O=S(=O)([O-])[O-].[K+].[Na+].[Na+]. The molecule has 0 aromatic heterocycles. The third-order valence-electron chi connectivity index (χ3n) is 0.794. The number of carbonyl (C=O) groups excluding carboxylic acids is 1. The van der Waals surface area contributed by atoms with Crippen molar-refractivity contribution in [3.63, 3.8) is 0 Å². The van der Waals surface area contributed by atoms with Crippen LogP contribution in [0.25, 0.3) is 0 Å². The molecule has 0 rings (SSSR count). The van der Waals surface area contributed by atoms with Crippen LogP contribution in [-0.2, 0) is 20.0 Å². The van der Waals surface area contributed by atoms with Gasteiger partial charge in [-0.05, 0) is 0 Å². The standard InChI is InChI=1S/C4H6O6.K.2Na.H2O4S.4H2O/c5-1(3(7)8)2(6)4(9)10;;;;1-5(2,3)4;;;;/h1-2,5-6H,(H,7,8)(H,9,10);;;;(H2,1,2,3,4);4*1H2/q;3*+1;;;;;/p-3. The molecule has 0 aliphatic carbocycles. The van der Waals surface area contributed by atoms with Crippen LogP contribution in [0.5, 0.6) is 0 Å². The van der Waals surface area contributed by atoms with E-state index in [2.05, 4.69) is 0 Å². The van der Waals surface area contributed by atoms with E-state index in [1.807, 2.05) is 0 Å². The van der Waals surface area contributed by atoms with Gasteiger partial charge in [-0.25, -0.2) is 4.79 Å². The van der Waals surface area contributed by atoms with Crippen molar-refractivity contribution in [1.29, 1.82) is 0 Å². The van der Waals surface area contributed by atoms with Crippen LogP contribution in [0.3, 0.4) is 0 Å². The molecule has 2 unspecified atom stereocenters. The quantitative estimate of drug-likeness (QED) is 0.227. The molecule has 0 bridgehead atoms. The molecule has 0 saturated carbocycles. The van der Waals surface area contributed by atoms with Gasteiger partial charge in [0.2, 0.25) is 0 Å². The summed E-state index contributed by atoms with van der Waals surface area (Å²) in [5.74, 6) is -3.83. The van der Waals surface area contributed by atoms with Crippen LogP contribution in [0.2, 0.25) is 0 Å². The van der Waals surface area contributed by atoms with Gasteiger partial charge in [-0.1, -0.05) is 0 Å². The van der Waals surface area contributed by atoms with Crippen LogP contribution in [0, 0.1) is 0 Å². The Morgan fingerprint density at radius 1 is 0.864 bits per heavy atom. The second-order valence-corrected chi connectivity index (χ2v) is 2.77. The Balaban J connectivity index is -0.0000000183. The molecule has 22 heavy (non-hydrogen) atoms. The average molecular weight is 402 g/mol. The number of carboxylic acid groups (broad SMARTS) is 2. The number of rotatable bonds is 3. The first-order chi connectivity index (χ1) is 6.46. The van der Waals surface area contributed by atoms with Gasteiger partial charge in [0, 0.05) is 10.4 Å². The van der Waals surface area contributed by atoms with Crippen molar-refractivity contribution < 1.29 is 180 Å². The summed E-state index contributed by atoms with van der Waals surface area (Å²) in [5.41, 5.74) is 0. The summed E-state index contributed by atoms with van der Waals surface area (Å²) in [5, 5.41) is 34.1. The number of carboxylic acids is 2. The number of aliphatic hydroxyl groups is 2. The van der Waals surface area contributed by atoms with Crippen LogP contribution in [0.1, 0.15) is 0 Å². The van der Waals surface area contributed by atoms with E-state index in [1.54, 1.807) is 0 Å². The molecule has 0 aromatic rings. The van der Waals surface area contributed by atoms with Crippen LogP contribution in [0.4, 0.5) is 0 Å². The number of carbonyl (C=O) groups is 2. The maximum Gasteiger partial charge on any atom is 1.00 e. The Kier molecular flexibility index (Phi) is 71.8. The predicted octanol–water partition coefficient (Wildman–Crippen LogP) is -17.1. The van der Waals surface area contributed by atoms with E-state index in [9.17, 15) is 14.7 Å². The second kappa shape index (κ2) is 28.0. The van der Waals surface area contributed by atoms with Gasteiger partial charge >= 0.3 is 116 Å². The Morgan fingerprint density at radius 3 is 1.09 bits per heavy atom. The van der Waals surface area contributed by atoms with Gasteiger partial charge in [-0.2, -0.15) is 0 Å². The van der Waals surface area contributed by atoms with Gasteiger partial charge in [-0.15, -0.1) is 0 Å². The first-order valence-electron chi connectivity index (χ1n) is 2.93. The summed E-state index contributed by atoms with van der Waals surface area (Å²) in [6.07, 6.45) is -4.71. The Hall–Kier alpha value is 2.21. The average Bonchev–Trinajstić information content (AvgIpc) is 1.98. The van der Waals surface area contributed by atoms with Crippen LogP contribution in [0.15, 0.2) is 0 Å². The molecule has 0 spiro atoms. The van der Waals surface area contributed by atoms with Crippen molar-refractivity contribution >= 4 is 22.3 Å². The smallest absolute Gasteiger partial charge is 0.759 e. The molecule has 0 saturated heterocycles. The fourth-order valence-corrected chi connectivity index (χ4v) is 0.264. The van der Waals surface area contributed by atoms with Crippen LogP contribution >= 0.6 is 0 Å². The van der Waals surface area contributed by atoms with E-state index in [0.29, 0.717) is 0 Å². The number of aliphatic hydroxyl groups excluding tert-OH is 2. The van der Waals surface area contributed by atoms with Gasteiger partial charge in [-0.3, -0.25) is 8.42 Å². The van der Waals surface area contributed by atoms with Crippen molar-refractivity contribution in [2.45, 2.75) is 12.2 Å². The molecule has 18 heteroatoms. The summed E-state index contributed by atoms with van der Waals surface area (Å²) < 4.78 is 34.1. The van der Waals surface area contributed by atoms with Crippen molar-refractivity contribution in [1.82, 2.24) is 0 Å². The maximum atomic E-state index is 9.74. The maximum absolute atomic E-state index is 9.74. The van der Waals surface area contributed by atoms with Crippen molar-refractivity contribution in [3.05, 3.63) is 0 Å². The van der Waals surface area contributed by atoms with Crippen molar-refractivity contribution in [3.8, 4) is 0 Å². The van der Waals surface area contributed by atoms with Gasteiger partial charge in [0.1, 0.15) is 6.10 Å². The zero-order chi connectivity index (χ0) is 12.8. The van der Waals surface area contributed by atoms with E-state index >= 15 is 0 Å². The van der Waals surface area contributed by atoms with E-state index in [-0.39, 0.29) is 132 Å². The minimum atomic E-state index is -5.17. The van der Waals surface area contributed by atoms with E-state index in [0.717, 1.165) is 0 Å². The number of aliphatic carboxylic acids is 2. The summed E-state index contributed by atoms with van der Waals surface area (Å²) in [7, 11) is -5.17. The van der Waals surface area contributed by atoms with Crippen molar-refractivity contribution in [2.75, 3.05) is 0 Å². The Morgan fingerprint density at radius 2 is 1.05 bits per heavy atom. The van der Waals surface area contributed by atoms with E-state index in [1.165, 1.54) is 0 Å². The van der Waals surface area contributed by atoms with E-state index < -0.39 is 34.5 Å². The van der Waals surface area contributed by atoms with Gasteiger partial charge in [0.25, 0.3) is 0 Å². The van der Waals surface area contributed by atoms with Crippen molar-refractivity contribution in [2.24, 2.45) is 0 Å². The molecular weight excluding hydrogens is 389 g/mol. The zero-order valence-electron chi connectivity index (χ0n) is 11.8. The largest absolute Gasteiger partial charge is 1.00 e. The molecule has 0 aliphatic rings. The predicted molar refractivity (Wildman–Crippen MR) is 49.6 cm³/mol. The summed E-state index contributed by atoms with van der Waals surface area (Å²) in [6.45, 7) is 0. The van der Waals surface area contributed by atoms with Crippen LogP contribution in [-0.4, -0.2) is 78.9 Å². The molecule has 11 N–H and O–H groups in total. The second-order valence-electron chi connectivity index (χ2n) is 1.96. The number of hydrogen-bond acceptors (Lipinski definition) is 9. The first kappa shape index (κ1) is 56.4. The fraction of sp³-hybridized carbons (Fsp3) is 0.500. The minimum absolute atomic E-state index is 0. The summed E-state index contributed by atoms with van der Waals surface area (Å²) in [6, 6.07) is 0. The zero-order valence-corrected chi connectivity index (χ0v) is 19.7. The first-order valence-corrected chi connectivity index (χ1v) is 4.26. The normalized spacial score (nSPS) is 9.82. The molecule has 2 atom stereocenters. The molecule has 122 valence electrons. The molecule has 0 aliphatic heterocycles. The molecule has 14 nitrogen and oxygen atoms in total. The molecule has 0 radical (unpaired) electrons. The summed E-state index contributed by atoms with van der Waals surface area (Å²) >= 11 is 0. The monoisotopic (exact) mass is 402 g/mol. The third-order valence-corrected chi connectivity index (χ3v) is 0.794. The summed E-state index contributed by atoms with van der Waals surface area (Å²) in [4.78, 5) is 19.4. The third kappa shape index (κ3) is 49.5. The van der Waals surface area contributed by atoms with E-state index in [4.69, 9.17) is 32.8 Å². The molecule has 0 aromatic carbocycles. The van der Waals surface area contributed by atoms with Gasteiger partial charge in [0.15, 0.2) is 6.10 Å². The molecular formula is C4H13KNa2O14S. The Labute approximate surface area is 211 Å². The molecule has 0 heterocycles. The van der Waals surface area contributed by atoms with Gasteiger partial charge < -0.3 is 56.2 Å². The van der Waals surface area contributed by atoms with Gasteiger partial charge in [0.05, 0.1) is 5.97 Å². The fourth-order valence-electron chi connectivity index (χ4n) is 0.264. The minimum Gasteiger partial charge on any atom is -0.759 e. The number of hydrogen-bond donors (Lipinski definition) is 3. The van der Waals surface area contributed by atoms with Crippen LogP contribution < -0.4 is 116 Å². The molecule has 0 amide bonds. The Bertz CT molecular complexity index is 308. The molecule has 0 fully saturated rings. The topological polar surface area (TPSA) is 324 Å².